The fourth-order valence-corrected chi connectivity index (χ4v) is 5.32. The lowest BCUT2D eigenvalue weighted by atomic mass is 9.91. The highest BCUT2D eigenvalue weighted by molar-refractivity contribution is 5.73. The molecule has 216 valence electrons. The number of aliphatic hydroxyl groups excluding tert-OH is 1. The van der Waals surface area contributed by atoms with Crippen LogP contribution in [0, 0.1) is 5.92 Å². The molecule has 3 heteroatoms. The highest BCUT2D eigenvalue weighted by Gasteiger charge is 2.27. The summed E-state index contributed by atoms with van der Waals surface area (Å²) in [7, 11) is 0. The maximum Gasteiger partial charge on any atom is 0.311 e. The molecule has 0 radical (unpaired) electrons. The molecular formula is C33H66O3. The summed E-state index contributed by atoms with van der Waals surface area (Å²) in [6.07, 6.45) is 32.6. The molecule has 0 aromatic rings. The van der Waals surface area contributed by atoms with E-state index in [4.69, 9.17) is 4.74 Å². The molecule has 0 bridgehead atoms. The Morgan fingerprint density at radius 2 is 0.806 bits per heavy atom. The molecule has 0 rings (SSSR count). The van der Waals surface area contributed by atoms with Crippen LogP contribution in [0.4, 0.5) is 0 Å². The van der Waals surface area contributed by atoms with Gasteiger partial charge in [-0.3, -0.25) is 4.79 Å². The number of unbranched alkanes of at least 4 members (excludes halogenated alkanes) is 22. The minimum atomic E-state index is -0.542. The highest BCUT2D eigenvalue weighted by atomic mass is 16.5. The van der Waals surface area contributed by atoms with Crippen LogP contribution in [0.3, 0.4) is 0 Å². The molecule has 0 spiro atoms. The third kappa shape index (κ3) is 23.8. The van der Waals surface area contributed by atoms with Gasteiger partial charge in [-0.25, -0.2) is 0 Å². The van der Waals surface area contributed by atoms with Crippen LogP contribution in [0.15, 0.2) is 0 Å². The molecule has 1 N–H and O–H groups in total. The van der Waals surface area contributed by atoms with Crippen LogP contribution in [-0.2, 0) is 9.53 Å². The van der Waals surface area contributed by atoms with E-state index in [2.05, 4.69) is 13.8 Å². The largest absolute Gasteiger partial charge is 0.466 e. The van der Waals surface area contributed by atoms with Crippen molar-refractivity contribution in [1.29, 1.82) is 0 Å². The molecule has 0 aliphatic heterocycles. The average molecular weight is 511 g/mol. The second kappa shape index (κ2) is 29.0. The molecule has 0 aromatic carbocycles. The van der Waals surface area contributed by atoms with Crippen LogP contribution in [0.2, 0.25) is 0 Å². The summed E-state index contributed by atoms with van der Waals surface area (Å²) in [5.41, 5.74) is 0. The van der Waals surface area contributed by atoms with E-state index in [1.165, 1.54) is 135 Å². The zero-order valence-electron chi connectivity index (χ0n) is 25.0. The number of aliphatic hydroxyl groups is 1. The Balaban J connectivity index is 3.81. The second-order valence-corrected chi connectivity index (χ2v) is 11.3. The van der Waals surface area contributed by atoms with Crippen molar-refractivity contribution in [1.82, 2.24) is 0 Å². The Labute approximate surface area is 226 Å². The van der Waals surface area contributed by atoms with Crippen molar-refractivity contribution in [3.63, 3.8) is 0 Å². The van der Waals surface area contributed by atoms with E-state index >= 15 is 0 Å². The minimum Gasteiger partial charge on any atom is -0.466 e. The molecule has 3 nitrogen and oxygen atoms in total. The summed E-state index contributed by atoms with van der Waals surface area (Å²) >= 11 is 0. The zero-order chi connectivity index (χ0) is 26.5. The smallest absolute Gasteiger partial charge is 0.311 e. The summed E-state index contributed by atoms with van der Waals surface area (Å²) < 4.78 is 5.30. The molecule has 2 atom stereocenters. The van der Waals surface area contributed by atoms with E-state index < -0.39 is 6.10 Å². The van der Waals surface area contributed by atoms with Crippen molar-refractivity contribution in [2.24, 2.45) is 5.92 Å². The first-order chi connectivity index (χ1) is 17.7. The van der Waals surface area contributed by atoms with E-state index in [0.717, 1.165) is 32.1 Å². The molecule has 36 heavy (non-hydrogen) atoms. The van der Waals surface area contributed by atoms with Crippen LogP contribution < -0.4 is 0 Å². The van der Waals surface area contributed by atoms with Crippen molar-refractivity contribution in [3.8, 4) is 0 Å². The molecule has 0 amide bonds. The van der Waals surface area contributed by atoms with Gasteiger partial charge in [-0.05, 0) is 19.8 Å². The molecule has 0 saturated heterocycles. The first kappa shape index (κ1) is 35.4. The van der Waals surface area contributed by atoms with Gasteiger partial charge < -0.3 is 9.84 Å². The third-order valence-corrected chi connectivity index (χ3v) is 7.78. The van der Waals surface area contributed by atoms with Gasteiger partial charge in [0.1, 0.15) is 0 Å². The number of ether oxygens (including phenoxy) is 1. The van der Waals surface area contributed by atoms with Crippen LogP contribution in [0.1, 0.15) is 188 Å². The summed E-state index contributed by atoms with van der Waals surface area (Å²) in [4.78, 5) is 12.5. The number of hydrogen-bond acceptors (Lipinski definition) is 3. The fraction of sp³-hybridized carbons (Fsp3) is 0.970. The first-order valence-electron chi connectivity index (χ1n) is 16.5. The summed E-state index contributed by atoms with van der Waals surface area (Å²) in [6.45, 7) is 6.81. The molecule has 0 saturated carbocycles. The number of carbonyl (C=O) groups is 1. The Kier molecular flexibility index (Phi) is 28.5. The van der Waals surface area contributed by atoms with E-state index in [-0.39, 0.29) is 11.9 Å². The molecule has 0 aliphatic rings. The Hall–Kier alpha value is -0.570. The van der Waals surface area contributed by atoms with Crippen LogP contribution in [0.5, 0.6) is 0 Å². The quantitative estimate of drug-likeness (QED) is 0.0803. The maximum atomic E-state index is 12.5. The van der Waals surface area contributed by atoms with Crippen molar-refractivity contribution in [2.75, 3.05) is 6.61 Å². The van der Waals surface area contributed by atoms with E-state index in [0.29, 0.717) is 6.61 Å². The lowest BCUT2D eigenvalue weighted by Crippen LogP contribution is -2.30. The molecule has 0 heterocycles. The van der Waals surface area contributed by atoms with Crippen molar-refractivity contribution < 1.29 is 14.6 Å². The van der Waals surface area contributed by atoms with Crippen LogP contribution in [0.25, 0.3) is 0 Å². The van der Waals surface area contributed by atoms with Crippen LogP contribution >= 0.6 is 0 Å². The maximum absolute atomic E-state index is 12.5. The van der Waals surface area contributed by atoms with E-state index in [9.17, 15) is 9.90 Å². The van der Waals surface area contributed by atoms with Gasteiger partial charge >= 0.3 is 5.97 Å². The monoisotopic (exact) mass is 511 g/mol. The van der Waals surface area contributed by atoms with E-state index in [1.54, 1.807) is 0 Å². The van der Waals surface area contributed by atoms with Crippen molar-refractivity contribution in [3.05, 3.63) is 0 Å². The minimum absolute atomic E-state index is 0.188. The van der Waals surface area contributed by atoms with Gasteiger partial charge in [0.05, 0.1) is 18.6 Å². The molecule has 0 aromatic heterocycles. The lowest BCUT2D eigenvalue weighted by molar-refractivity contribution is -0.152. The molecule has 0 unspecified atom stereocenters. The number of rotatable bonds is 29. The van der Waals surface area contributed by atoms with Crippen LogP contribution in [-0.4, -0.2) is 23.8 Å². The zero-order valence-corrected chi connectivity index (χ0v) is 25.0. The Morgan fingerprint density at radius 3 is 1.14 bits per heavy atom. The summed E-state index contributed by atoms with van der Waals surface area (Å²) in [5.74, 6) is -0.521. The van der Waals surface area contributed by atoms with Crippen molar-refractivity contribution >= 4 is 5.97 Å². The summed E-state index contributed by atoms with van der Waals surface area (Å²) in [5, 5.41) is 10.7. The van der Waals surface area contributed by atoms with Gasteiger partial charge in [0.2, 0.25) is 0 Å². The first-order valence-corrected chi connectivity index (χ1v) is 16.5. The average Bonchev–Trinajstić information content (AvgIpc) is 2.87. The number of hydrogen-bond donors (Lipinski definition) is 1. The van der Waals surface area contributed by atoms with Gasteiger partial charge in [-0.1, -0.05) is 168 Å². The van der Waals surface area contributed by atoms with Gasteiger partial charge in [0.25, 0.3) is 0 Å². The van der Waals surface area contributed by atoms with Gasteiger partial charge in [-0.15, -0.1) is 0 Å². The third-order valence-electron chi connectivity index (χ3n) is 7.78. The number of carbonyl (C=O) groups excluding carboxylic acids is 1. The highest BCUT2D eigenvalue weighted by Crippen LogP contribution is 2.22. The van der Waals surface area contributed by atoms with E-state index in [1.807, 2.05) is 6.92 Å². The number of esters is 1. The topological polar surface area (TPSA) is 46.5 Å². The standard InChI is InChI=1S/C33H66O3/c1-4-7-9-11-13-15-17-18-20-21-23-25-27-29-31(33(35)36-6-3)32(34)30-28-26-24-22-19-16-14-12-10-8-5-2/h31-32,34H,4-30H2,1-3H3/t31-,32+/m0/s1. The lowest BCUT2D eigenvalue weighted by Gasteiger charge is -2.21. The molecule has 0 fully saturated rings. The van der Waals surface area contributed by atoms with Crippen molar-refractivity contribution in [2.45, 2.75) is 194 Å². The Morgan fingerprint density at radius 1 is 0.500 bits per heavy atom. The van der Waals surface area contributed by atoms with Gasteiger partial charge in [-0.2, -0.15) is 0 Å². The predicted molar refractivity (Wildman–Crippen MR) is 158 cm³/mol. The normalized spacial score (nSPS) is 13.1. The second-order valence-electron chi connectivity index (χ2n) is 11.3. The predicted octanol–water partition coefficient (Wildman–Crippen LogP) is 10.7. The Bertz CT molecular complexity index is 437. The molecule has 0 aliphatic carbocycles. The SMILES string of the molecule is CCCCCCCCCCCCCCC[C@H](C(=O)OCC)[C@H](O)CCCCCCCCCCCCC. The molecular weight excluding hydrogens is 444 g/mol. The fourth-order valence-electron chi connectivity index (χ4n) is 5.32. The van der Waals surface area contributed by atoms with Gasteiger partial charge in [0.15, 0.2) is 0 Å². The summed E-state index contributed by atoms with van der Waals surface area (Å²) in [6, 6.07) is 0. The van der Waals surface area contributed by atoms with Gasteiger partial charge in [0, 0.05) is 0 Å².